The van der Waals surface area contributed by atoms with Crippen LogP contribution in [0.25, 0.3) is 0 Å². The van der Waals surface area contributed by atoms with Crippen LogP contribution in [0.15, 0.2) is 0 Å². The Hall–Kier alpha value is -3.03. The third kappa shape index (κ3) is 11.1. The predicted molar refractivity (Wildman–Crippen MR) is 111 cm³/mol. The summed E-state index contributed by atoms with van der Waals surface area (Å²) in [6, 6.07) is -2.54. The molecule has 0 aliphatic carbocycles. The highest BCUT2D eigenvalue weighted by Gasteiger charge is 2.63. The summed E-state index contributed by atoms with van der Waals surface area (Å²) in [6.45, 7) is 4.70. The molecule has 0 aliphatic heterocycles. The molecule has 0 bridgehead atoms. The van der Waals surface area contributed by atoms with Crippen molar-refractivity contribution in [1.82, 2.24) is 0 Å². The molecule has 18 heteroatoms. The molecule has 0 aliphatic rings. The molecule has 0 saturated heterocycles. The topological polar surface area (TPSA) is 158 Å². The van der Waals surface area contributed by atoms with Gasteiger partial charge in [0.05, 0.1) is 12.1 Å². The van der Waals surface area contributed by atoms with E-state index in [1.165, 1.54) is 0 Å². The highest BCUT2D eigenvalue weighted by atomic mass is 28.4. The summed E-state index contributed by atoms with van der Waals surface area (Å²) in [4.78, 5) is 68.4. The fraction of sp³-hybridized carbons (Fsp3) is 0.667. The van der Waals surface area contributed by atoms with Crippen molar-refractivity contribution in [2.24, 2.45) is 0 Å². The first-order chi connectivity index (χ1) is 16.2. The van der Waals surface area contributed by atoms with Crippen LogP contribution in [0.5, 0.6) is 0 Å². The van der Waals surface area contributed by atoms with Crippen molar-refractivity contribution in [3.8, 4) is 0 Å². The van der Waals surface area contributed by atoms with Crippen LogP contribution in [0.2, 0.25) is 12.1 Å². The van der Waals surface area contributed by atoms with Gasteiger partial charge in [0.25, 0.3) is 35.8 Å². The van der Waals surface area contributed by atoms with Crippen LogP contribution in [0.3, 0.4) is 0 Å². The minimum atomic E-state index is -4.92. The van der Waals surface area contributed by atoms with E-state index < -0.39 is 90.2 Å². The van der Waals surface area contributed by atoms with Crippen molar-refractivity contribution in [1.29, 1.82) is 0 Å². The van der Waals surface area contributed by atoms with Gasteiger partial charge in [0.15, 0.2) is 0 Å². The zero-order valence-electron chi connectivity index (χ0n) is 20.2. The van der Waals surface area contributed by atoms with E-state index in [0.717, 1.165) is 41.5 Å². The SMILES string of the molecule is CC(=O)O[Si](CCC(F)(F)C(F)(F)CC[Si](OC(C)=O)(OC(C)=O)OC(C)=O)(OC(C)=O)OC(C)=O. The highest BCUT2D eigenvalue weighted by Crippen LogP contribution is 2.44. The van der Waals surface area contributed by atoms with Crippen LogP contribution < -0.4 is 0 Å². The Morgan fingerprint density at radius 1 is 0.472 bits per heavy atom. The number of halogens is 4. The van der Waals surface area contributed by atoms with Gasteiger partial charge in [-0.05, 0) is 0 Å². The van der Waals surface area contributed by atoms with E-state index in [1.807, 2.05) is 0 Å². The fourth-order valence-corrected chi connectivity index (χ4v) is 7.46. The molecular formula is C18H26F4O12Si2. The summed E-state index contributed by atoms with van der Waals surface area (Å²) in [7, 11) is -9.72. The zero-order valence-corrected chi connectivity index (χ0v) is 22.2. The average Bonchev–Trinajstić information content (AvgIpc) is 2.61. The minimum Gasteiger partial charge on any atom is -0.455 e. The maximum Gasteiger partial charge on any atom is 0.705 e. The molecule has 0 aromatic rings. The lowest BCUT2D eigenvalue weighted by Gasteiger charge is -2.32. The maximum atomic E-state index is 14.6. The first-order valence-electron chi connectivity index (χ1n) is 10.1. The third-order valence-corrected chi connectivity index (χ3v) is 9.14. The second-order valence-corrected chi connectivity index (χ2v) is 12.3. The Kier molecular flexibility index (Phi) is 11.7. The van der Waals surface area contributed by atoms with Crippen LogP contribution in [-0.2, 0) is 55.3 Å². The second-order valence-electron chi connectivity index (χ2n) is 7.34. The number of hydrogen-bond acceptors (Lipinski definition) is 12. The van der Waals surface area contributed by atoms with E-state index >= 15 is 0 Å². The molecule has 0 fully saturated rings. The van der Waals surface area contributed by atoms with Crippen molar-refractivity contribution in [3.63, 3.8) is 0 Å². The molecule has 12 nitrogen and oxygen atoms in total. The molecule has 0 rings (SSSR count). The molecule has 0 saturated carbocycles. The van der Waals surface area contributed by atoms with E-state index in [2.05, 4.69) is 26.6 Å². The summed E-state index contributed by atoms with van der Waals surface area (Å²) in [5, 5.41) is 0. The summed E-state index contributed by atoms with van der Waals surface area (Å²) < 4.78 is 86.7. The number of alkyl halides is 4. The molecule has 0 unspecified atom stereocenters. The summed E-state index contributed by atoms with van der Waals surface area (Å²) in [5.41, 5.74) is 0. The van der Waals surface area contributed by atoms with Gasteiger partial charge in [0.2, 0.25) is 0 Å². The lowest BCUT2D eigenvalue weighted by molar-refractivity contribution is -0.212. The molecule has 0 spiro atoms. The monoisotopic (exact) mass is 566 g/mol. The number of carbonyl (C=O) groups is 6. The normalized spacial score (nSPS) is 12.2. The molecule has 0 atom stereocenters. The number of hydrogen-bond donors (Lipinski definition) is 0. The van der Waals surface area contributed by atoms with Crippen molar-refractivity contribution in [2.75, 3.05) is 0 Å². The van der Waals surface area contributed by atoms with Gasteiger partial charge in [-0.1, -0.05) is 0 Å². The van der Waals surface area contributed by atoms with E-state index in [1.54, 1.807) is 0 Å². The fourth-order valence-electron chi connectivity index (χ4n) is 2.73. The first kappa shape index (κ1) is 33.0. The number of rotatable bonds is 13. The quantitative estimate of drug-likeness (QED) is 0.237. The Balaban J connectivity index is 5.98. The lowest BCUT2D eigenvalue weighted by Crippen LogP contribution is -2.53. The molecule has 0 radical (unpaired) electrons. The van der Waals surface area contributed by atoms with Gasteiger partial charge in [0, 0.05) is 54.4 Å². The van der Waals surface area contributed by atoms with Crippen molar-refractivity contribution in [2.45, 2.75) is 78.3 Å². The molecule has 0 N–H and O–H groups in total. The van der Waals surface area contributed by atoms with Crippen LogP contribution in [0.4, 0.5) is 17.6 Å². The summed E-state index contributed by atoms with van der Waals surface area (Å²) in [5.74, 6) is -17.0. The molecule has 0 aromatic carbocycles. The molecule has 0 heterocycles. The molecule has 36 heavy (non-hydrogen) atoms. The minimum absolute atomic E-state index is 0.783. The van der Waals surface area contributed by atoms with Crippen molar-refractivity contribution < 1.29 is 72.9 Å². The number of carbonyl (C=O) groups excluding carboxylic acids is 6. The van der Waals surface area contributed by atoms with E-state index in [4.69, 9.17) is 0 Å². The smallest absolute Gasteiger partial charge is 0.455 e. The summed E-state index contributed by atoms with van der Waals surface area (Å²) >= 11 is 0. The van der Waals surface area contributed by atoms with E-state index in [0.29, 0.717) is 0 Å². The highest BCUT2D eigenvalue weighted by molar-refractivity contribution is 6.66. The Morgan fingerprint density at radius 3 is 0.778 bits per heavy atom. The predicted octanol–water partition coefficient (Wildman–Crippen LogP) is 2.29. The molecular weight excluding hydrogens is 540 g/mol. The largest absolute Gasteiger partial charge is 0.705 e. The Bertz CT molecular complexity index is 729. The maximum absolute atomic E-state index is 14.6. The standard InChI is InChI=1S/C18H26F4O12Si2/c1-11(23)29-35(30-12(2)24,31-13(3)25)9-7-17(19,20)18(21,22)8-10-36(32-14(4)26,33-15(5)27)34-16(6)28/h7-10H2,1-6H3. The van der Waals surface area contributed by atoms with Gasteiger partial charge in [-0.15, -0.1) is 0 Å². The Morgan fingerprint density at radius 2 is 0.639 bits per heavy atom. The van der Waals surface area contributed by atoms with Gasteiger partial charge in [-0.3, -0.25) is 28.8 Å². The second kappa shape index (κ2) is 12.8. The van der Waals surface area contributed by atoms with Crippen molar-refractivity contribution in [3.05, 3.63) is 0 Å². The van der Waals surface area contributed by atoms with Gasteiger partial charge in [-0.25, -0.2) is 0 Å². The molecule has 206 valence electrons. The van der Waals surface area contributed by atoms with Gasteiger partial charge in [-0.2, -0.15) is 17.6 Å². The van der Waals surface area contributed by atoms with Gasteiger partial charge < -0.3 is 26.6 Å². The zero-order chi connectivity index (χ0) is 28.5. The lowest BCUT2D eigenvalue weighted by atomic mass is 10.1. The first-order valence-corrected chi connectivity index (χ1v) is 14.0. The third-order valence-electron chi connectivity index (χ3n) is 3.82. The summed E-state index contributed by atoms with van der Waals surface area (Å²) in [6.07, 6.45) is -3.60. The molecule has 0 aromatic heterocycles. The van der Waals surface area contributed by atoms with Gasteiger partial charge >= 0.3 is 29.5 Å². The van der Waals surface area contributed by atoms with Crippen LogP contribution in [0, 0.1) is 0 Å². The van der Waals surface area contributed by atoms with E-state index in [9.17, 15) is 46.3 Å². The van der Waals surface area contributed by atoms with Crippen molar-refractivity contribution >= 4 is 53.4 Å². The average molecular weight is 567 g/mol. The van der Waals surface area contributed by atoms with E-state index in [-0.39, 0.29) is 0 Å². The Labute approximate surface area is 205 Å². The molecule has 0 amide bonds. The van der Waals surface area contributed by atoms with Crippen LogP contribution in [0.1, 0.15) is 54.4 Å². The van der Waals surface area contributed by atoms with Crippen LogP contribution in [-0.4, -0.2) is 65.3 Å². The van der Waals surface area contributed by atoms with Crippen LogP contribution >= 0.6 is 0 Å². The van der Waals surface area contributed by atoms with Gasteiger partial charge in [0.1, 0.15) is 0 Å².